The van der Waals surface area contributed by atoms with Gasteiger partial charge in [0.25, 0.3) is 0 Å². The van der Waals surface area contributed by atoms with E-state index in [0.717, 1.165) is 52.2 Å². The third-order valence-corrected chi connectivity index (χ3v) is 6.28. The number of guanidine groups is 1. The lowest BCUT2D eigenvalue weighted by atomic mass is 10.2. The van der Waals surface area contributed by atoms with E-state index in [4.69, 9.17) is 4.74 Å². The van der Waals surface area contributed by atoms with Crippen LogP contribution in [0.2, 0.25) is 0 Å². The standard InChI is InChI=1S/C13H26N4O3S.HI/c1-14-13(15-4-5-17-6-8-20-9-7-17)16-11-12-3-2-10-21(12,18)19;/h12H,2-11H2,1H3,(H2,14,15,16);1H. The largest absolute Gasteiger partial charge is 0.379 e. The third kappa shape index (κ3) is 6.17. The highest BCUT2D eigenvalue weighted by Crippen LogP contribution is 2.18. The van der Waals surface area contributed by atoms with Gasteiger partial charge in [-0.05, 0) is 12.8 Å². The Kier molecular flexibility index (Phi) is 8.95. The highest BCUT2D eigenvalue weighted by atomic mass is 127. The SMILES string of the molecule is CN=C(NCCN1CCOCC1)NCC1CCCS1(=O)=O.I. The zero-order chi connectivity index (χ0) is 15.1. The van der Waals surface area contributed by atoms with Gasteiger partial charge in [-0.1, -0.05) is 0 Å². The Morgan fingerprint density at radius 1 is 1.32 bits per heavy atom. The Balaban J connectivity index is 0.00000242. The first kappa shape index (κ1) is 19.9. The maximum Gasteiger partial charge on any atom is 0.191 e. The quantitative estimate of drug-likeness (QED) is 0.342. The van der Waals surface area contributed by atoms with Crippen molar-refractivity contribution in [3.8, 4) is 0 Å². The van der Waals surface area contributed by atoms with Crippen LogP contribution in [0.5, 0.6) is 0 Å². The van der Waals surface area contributed by atoms with Crippen LogP contribution in [0.25, 0.3) is 0 Å². The normalized spacial score (nSPS) is 25.5. The van der Waals surface area contributed by atoms with Gasteiger partial charge >= 0.3 is 0 Å². The smallest absolute Gasteiger partial charge is 0.191 e. The molecular weight excluding hydrogens is 419 g/mol. The average Bonchev–Trinajstić information content (AvgIpc) is 2.82. The van der Waals surface area contributed by atoms with Crippen molar-refractivity contribution in [2.75, 3.05) is 58.7 Å². The highest BCUT2D eigenvalue weighted by Gasteiger charge is 2.31. The maximum atomic E-state index is 11.8. The number of nitrogens with one attached hydrogen (secondary N) is 2. The lowest BCUT2D eigenvalue weighted by molar-refractivity contribution is 0.0389. The monoisotopic (exact) mass is 446 g/mol. The molecule has 1 unspecified atom stereocenters. The molecule has 7 nitrogen and oxygen atoms in total. The summed E-state index contributed by atoms with van der Waals surface area (Å²) in [6.45, 7) is 5.70. The number of hydrogen-bond donors (Lipinski definition) is 2. The van der Waals surface area contributed by atoms with Gasteiger partial charge in [-0.25, -0.2) is 8.42 Å². The molecule has 0 amide bonds. The molecule has 2 rings (SSSR count). The van der Waals surface area contributed by atoms with Crippen molar-refractivity contribution in [3.05, 3.63) is 0 Å². The number of aliphatic imine (C=N–C) groups is 1. The van der Waals surface area contributed by atoms with E-state index in [1.54, 1.807) is 7.05 Å². The Bertz CT molecular complexity index is 452. The fraction of sp³-hybridized carbons (Fsp3) is 0.923. The third-order valence-electron chi connectivity index (χ3n) is 4.01. The highest BCUT2D eigenvalue weighted by molar-refractivity contribution is 14.0. The molecule has 0 aromatic carbocycles. The van der Waals surface area contributed by atoms with Crippen LogP contribution in [-0.4, -0.2) is 83.3 Å². The van der Waals surface area contributed by atoms with Gasteiger partial charge in [-0.15, -0.1) is 24.0 Å². The summed E-state index contributed by atoms with van der Waals surface area (Å²) in [5.74, 6) is 0.993. The molecular formula is C13H27IN4O3S. The zero-order valence-corrected chi connectivity index (χ0v) is 16.2. The van der Waals surface area contributed by atoms with Gasteiger partial charge in [0.05, 0.1) is 24.2 Å². The lowest BCUT2D eigenvalue weighted by Crippen LogP contribution is -2.46. The van der Waals surface area contributed by atoms with Gasteiger partial charge in [0.1, 0.15) is 0 Å². The molecule has 0 aromatic heterocycles. The first-order valence-electron chi connectivity index (χ1n) is 7.58. The molecule has 0 bridgehead atoms. The van der Waals surface area contributed by atoms with Crippen LogP contribution >= 0.6 is 24.0 Å². The Morgan fingerprint density at radius 2 is 2.05 bits per heavy atom. The second kappa shape index (κ2) is 9.89. The minimum atomic E-state index is -2.90. The van der Waals surface area contributed by atoms with Crippen LogP contribution < -0.4 is 10.6 Å². The summed E-state index contributed by atoms with van der Waals surface area (Å²) >= 11 is 0. The number of morpholine rings is 1. The Morgan fingerprint density at radius 3 is 2.64 bits per heavy atom. The second-order valence-electron chi connectivity index (χ2n) is 5.47. The van der Waals surface area contributed by atoms with E-state index < -0.39 is 9.84 Å². The molecule has 0 aromatic rings. The molecule has 0 saturated carbocycles. The Labute approximate surface area is 150 Å². The average molecular weight is 446 g/mol. The van der Waals surface area contributed by atoms with E-state index in [1.807, 2.05) is 0 Å². The van der Waals surface area contributed by atoms with Crippen molar-refractivity contribution in [1.82, 2.24) is 15.5 Å². The van der Waals surface area contributed by atoms with Gasteiger partial charge in [-0.2, -0.15) is 0 Å². The van der Waals surface area contributed by atoms with Crippen LogP contribution in [-0.2, 0) is 14.6 Å². The van der Waals surface area contributed by atoms with Crippen molar-refractivity contribution in [2.45, 2.75) is 18.1 Å². The first-order chi connectivity index (χ1) is 10.1. The topological polar surface area (TPSA) is 83.0 Å². The summed E-state index contributed by atoms with van der Waals surface area (Å²) < 4.78 is 28.8. The molecule has 2 N–H and O–H groups in total. The zero-order valence-electron chi connectivity index (χ0n) is 13.1. The van der Waals surface area contributed by atoms with Crippen molar-refractivity contribution in [1.29, 1.82) is 0 Å². The molecule has 0 spiro atoms. The number of nitrogens with zero attached hydrogens (tertiary/aromatic N) is 2. The lowest BCUT2D eigenvalue weighted by Gasteiger charge is -2.26. The van der Waals surface area contributed by atoms with E-state index >= 15 is 0 Å². The molecule has 2 aliphatic heterocycles. The summed E-state index contributed by atoms with van der Waals surface area (Å²) in [4.78, 5) is 6.47. The van der Waals surface area contributed by atoms with E-state index in [-0.39, 0.29) is 29.2 Å². The molecule has 2 aliphatic rings. The molecule has 2 fully saturated rings. The first-order valence-corrected chi connectivity index (χ1v) is 9.29. The van der Waals surface area contributed by atoms with Gasteiger partial charge in [0, 0.05) is 39.8 Å². The van der Waals surface area contributed by atoms with E-state index in [2.05, 4.69) is 20.5 Å². The van der Waals surface area contributed by atoms with Crippen molar-refractivity contribution >= 4 is 39.8 Å². The molecule has 130 valence electrons. The molecule has 0 radical (unpaired) electrons. The van der Waals surface area contributed by atoms with Gasteiger partial charge < -0.3 is 15.4 Å². The van der Waals surface area contributed by atoms with Crippen molar-refractivity contribution < 1.29 is 13.2 Å². The predicted molar refractivity (Wildman–Crippen MR) is 98.8 cm³/mol. The van der Waals surface area contributed by atoms with Crippen LogP contribution in [0, 0.1) is 0 Å². The number of hydrogen-bond acceptors (Lipinski definition) is 5. The molecule has 9 heteroatoms. The minimum Gasteiger partial charge on any atom is -0.379 e. The summed E-state index contributed by atoms with van der Waals surface area (Å²) in [7, 11) is -1.19. The molecule has 2 saturated heterocycles. The summed E-state index contributed by atoms with van der Waals surface area (Å²) in [6.07, 6.45) is 1.53. The van der Waals surface area contributed by atoms with Crippen molar-refractivity contribution in [2.24, 2.45) is 4.99 Å². The Hall–Kier alpha value is -0.130. The van der Waals surface area contributed by atoms with Crippen molar-refractivity contribution in [3.63, 3.8) is 0 Å². The van der Waals surface area contributed by atoms with Gasteiger partial charge in [0.15, 0.2) is 15.8 Å². The maximum absolute atomic E-state index is 11.8. The number of sulfone groups is 1. The summed E-state index contributed by atoms with van der Waals surface area (Å²) in [5.41, 5.74) is 0. The second-order valence-corrected chi connectivity index (χ2v) is 7.87. The van der Waals surface area contributed by atoms with E-state index in [0.29, 0.717) is 18.3 Å². The number of halogens is 1. The molecule has 1 atom stereocenters. The number of ether oxygens (including phenoxy) is 1. The van der Waals surface area contributed by atoms with E-state index in [1.165, 1.54) is 0 Å². The number of rotatable bonds is 5. The molecule has 2 heterocycles. The van der Waals surface area contributed by atoms with Gasteiger partial charge in [0.2, 0.25) is 0 Å². The van der Waals surface area contributed by atoms with Crippen LogP contribution in [0.3, 0.4) is 0 Å². The summed E-state index contributed by atoms with van der Waals surface area (Å²) in [6, 6.07) is 0. The predicted octanol–water partition coefficient (Wildman–Crippen LogP) is -0.321. The van der Waals surface area contributed by atoms with Crippen LogP contribution in [0.1, 0.15) is 12.8 Å². The molecule has 22 heavy (non-hydrogen) atoms. The fourth-order valence-corrected chi connectivity index (χ4v) is 4.44. The minimum absolute atomic E-state index is 0. The summed E-state index contributed by atoms with van der Waals surface area (Å²) in [5, 5.41) is 6.08. The fourth-order valence-electron chi connectivity index (χ4n) is 2.68. The molecule has 0 aliphatic carbocycles. The van der Waals surface area contributed by atoms with Crippen LogP contribution in [0.15, 0.2) is 4.99 Å². The van der Waals surface area contributed by atoms with E-state index in [9.17, 15) is 8.42 Å². The van der Waals surface area contributed by atoms with Crippen LogP contribution in [0.4, 0.5) is 0 Å². The van der Waals surface area contributed by atoms with Gasteiger partial charge in [-0.3, -0.25) is 9.89 Å².